The van der Waals surface area contributed by atoms with Crippen LogP contribution in [0.25, 0.3) is 0 Å². The Morgan fingerprint density at radius 2 is 1.62 bits per heavy atom. The van der Waals surface area contributed by atoms with Crippen LogP contribution in [0.15, 0.2) is 83.8 Å². The second-order valence-electron chi connectivity index (χ2n) is 6.66. The molecule has 148 valence electrons. The van der Waals surface area contributed by atoms with Gasteiger partial charge in [0, 0.05) is 12.2 Å². The minimum Gasteiger partial charge on any atom is -0.410 e. The Hall–Kier alpha value is -3.32. The monoisotopic (exact) mass is 408 g/mol. The van der Waals surface area contributed by atoms with E-state index in [9.17, 15) is 13.2 Å². The van der Waals surface area contributed by atoms with Crippen molar-refractivity contribution >= 4 is 27.5 Å². The van der Waals surface area contributed by atoms with Crippen molar-refractivity contribution in [2.45, 2.75) is 17.7 Å². The van der Waals surface area contributed by atoms with Crippen LogP contribution >= 0.6 is 0 Å². The van der Waals surface area contributed by atoms with Gasteiger partial charge in [-0.05, 0) is 60.9 Å². The highest BCUT2D eigenvalue weighted by molar-refractivity contribution is 7.92. The van der Waals surface area contributed by atoms with Gasteiger partial charge in [0.2, 0.25) is 0 Å². The van der Waals surface area contributed by atoms with Gasteiger partial charge in [-0.15, -0.1) is 0 Å². The van der Waals surface area contributed by atoms with Gasteiger partial charge in [-0.25, -0.2) is 13.2 Å². The van der Waals surface area contributed by atoms with Gasteiger partial charge < -0.3 is 4.74 Å². The maximum absolute atomic E-state index is 13.1. The van der Waals surface area contributed by atoms with Crippen LogP contribution in [0.4, 0.5) is 16.2 Å². The standard InChI is InChI=1S/C22H20N2O4S/c25-22(28-19-9-3-1-4-10-19)23-18-13-14-21-17(16-18)8-7-15-24(21)29(26,27)20-11-5-2-6-12-20/h1-6,9-14,16H,7-8,15H2,(H,23,25). The Bertz CT molecular complexity index is 1120. The molecule has 0 fully saturated rings. The first-order valence-electron chi connectivity index (χ1n) is 9.29. The molecular weight excluding hydrogens is 388 g/mol. The number of carbonyl (C=O) groups is 1. The molecule has 0 atom stereocenters. The maximum atomic E-state index is 13.1. The second kappa shape index (κ2) is 7.97. The van der Waals surface area contributed by atoms with Crippen LogP contribution in [0.1, 0.15) is 12.0 Å². The fourth-order valence-corrected chi connectivity index (χ4v) is 4.91. The highest BCUT2D eigenvalue weighted by Crippen LogP contribution is 2.33. The maximum Gasteiger partial charge on any atom is 0.417 e. The van der Waals surface area contributed by atoms with E-state index in [2.05, 4.69) is 5.32 Å². The Morgan fingerprint density at radius 3 is 2.34 bits per heavy atom. The quantitative estimate of drug-likeness (QED) is 0.693. The van der Waals surface area contributed by atoms with E-state index in [1.54, 1.807) is 72.8 Å². The molecule has 4 rings (SSSR count). The molecule has 1 aliphatic rings. The van der Waals surface area contributed by atoms with Crippen LogP contribution in [0.2, 0.25) is 0 Å². The normalized spacial score (nSPS) is 13.4. The number of ether oxygens (including phenoxy) is 1. The van der Waals surface area contributed by atoms with Gasteiger partial charge in [-0.2, -0.15) is 0 Å². The minimum absolute atomic E-state index is 0.265. The van der Waals surface area contributed by atoms with E-state index in [4.69, 9.17) is 4.74 Å². The number of hydrogen-bond acceptors (Lipinski definition) is 4. The number of nitrogens with zero attached hydrogens (tertiary/aromatic N) is 1. The van der Waals surface area contributed by atoms with Gasteiger partial charge in [0.25, 0.3) is 10.0 Å². The van der Waals surface area contributed by atoms with Crippen molar-refractivity contribution < 1.29 is 17.9 Å². The van der Waals surface area contributed by atoms with Crippen LogP contribution in [0.3, 0.4) is 0 Å². The van der Waals surface area contributed by atoms with Crippen LogP contribution < -0.4 is 14.4 Å². The summed E-state index contributed by atoms with van der Waals surface area (Å²) >= 11 is 0. The molecule has 7 heteroatoms. The van der Waals surface area contributed by atoms with Crippen molar-refractivity contribution in [3.8, 4) is 5.75 Å². The van der Waals surface area contributed by atoms with E-state index in [-0.39, 0.29) is 4.90 Å². The number of para-hydroxylation sites is 1. The Labute approximate surface area is 169 Å². The summed E-state index contributed by atoms with van der Waals surface area (Å²) in [5.41, 5.74) is 2.07. The van der Waals surface area contributed by atoms with Crippen LogP contribution in [-0.2, 0) is 16.4 Å². The number of aryl methyl sites for hydroxylation is 1. The lowest BCUT2D eigenvalue weighted by atomic mass is 10.0. The fourth-order valence-electron chi connectivity index (χ4n) is 3.35. The highest BCUT2D eigenvalue weighted by atomic mass is 32.2. The van der Waals surface area contributed by atoms with Crippen molar-refractivity contribution in [3.05, 3.63) is 84.4 Å². The predicted molar refractivity (Wildman–Crippen MR) is 112 cm³/mol. The second-order valence-corrected chi connectivity index (χ2v) is 8.53. The van der Waals surface area contributed by atoms with Gasteiger partial charge in [0.1, 0.15) is 5.75 Å². The number of benzene rings is 3. The molecule has 0 radical (unpaired) electrons. The largest absolute Gasteiger partial charge is 0.417 e. The molecule has 3 aromatic rings. The van der Waals surface area contributed by atoms with Gasteiger partial charge in [0.05, 0.1) is 10.6 Å². The summed E-state index contributed by atoms with van der Waals surface area (Å²) in [7, 11) is -3.63. The first-order chi connectivity index (χ1) is 14.0. The van der Waals surface area contributed by atoms with Crippen LogP contribution in [0.5, 0.6) is 5.75 Å². The van der Waals surface area contributed by atoms with Crippen LogP contribution in [-0.4, -0.2) is 21.1 Å². The third kappa shape index (κ3) is 4.09. The van der Waals surface area contributed by atoms with Gasteiger partial charge in [-0.3, -0.25) is 9.62 Å². The molecule has 0 spiro atoms. The smallest absolute Gasteiger partial charge is 0.410 e. The van der Waals surface area contributed by atoms with Crippen molar-refractivity contribution in [2.75, 3.05) is 16.2 Å². The number of anilines is 2. The van der Waals surface area contributed by atoms with Gasteiger partial charge >= 0.3 is 6.09 Å². The van der Waals surface area contributed by atoms with E-state index in [1.165, 1.54) is 4.31 Å². The molecule has 3 aromatic carbocycles. The lowest BCUT2D eigenvalue weighted by Gasteiger charge is -2.30. The number of rotatable bonds is 4. The zero-order chi connectivity index (χ0) is 20.3. The molecule has 0 aromatic heterocycles. The van der Waals surface area contributed by atoms with E-state index < -0.39 is 16.1 Å². The summed E-state index contributed by atoms with van der Waals surface area (Å²) < 4.78 is 32.8. The molecular formula is C22H20N2O4S. The lowest BCUT2D eigenvalue weighted by molar-refractivity contribution is 0.215. The SMILES string of the molecule is O=C(Nc1ccc2c(c1)CCCN2S(=O)(=O)c1ccccc1)Oc1ccccc1. The molecule has 1 heterocycles. The van der Waals surface area contributed by atoms with Crippen molar-refractivity contribution in [3.63, 3.8) is 0 Å². The first-order valence-corrected chi connectivity index (χ1v) is 10.7. The molecule has 0 saturated heterocycles. The summed E-state index contributed by atoms with van der Waals surface area (Å²) in [5.74, 6) is 0.447. The topological polar surface area (TPSA) is 75.7 Å². The molecule has 29 heavy (non-hydrogen) atoms. The number of hydrogen-bond donors (Lipinski definition) is 1. The van der Waals surface area contributed by atoms with Crippen molar-refractivity contribution in [2.24, 2.45) is 0 Å². The Morgan fingerprint density at radius 1 is 0.931 bits per heavy atom. The minimum atomic E-state index is -3.63. The predicted octanol–water partition coefficient (Wildman–Crippen LogP) is 4.44. The van der Waals surface area contributed by atoms with E-state index >= 15 is 0 Å². The zero-order valence-electron chi connectivity index (χ0n) is 15.6. The molecule has 0 aliphatic carbocycles. The van der Waals surface area contributed by atoms with Crippen molar-refractivity contribution in [1.29, 1.82) is 0 Å². The van der Waals surface area contributed by atoms with Gasteiger partial charge in [0.15, 0.2) is 0 Å². The molecule has 0 saturated carbocycles. The summed E-state index contributed by atoms with van der Waals surface area (Å²) in [6.45, 7) is 0.424. The molecule has 0 bridgehead atoms. The van der Waals surface area contributed by atoms with Crippen LogP contribution in [0, 0.1) is 0 Å². The number of fused-ring (bicyclic) bond motifs is 1. The summed E-state index contributed by atoms with van der Waals surface area (Å²) in [4.78, 5) is 12.4. The number of nitrogens with one attached hydrogen (secondary N) is 1. The van der Waals surface area contributed by atoms with Crippen molar-refractivity contribution in [1.82, 2.24) is 0 Å². The third-order valence-electron chi connectivity index (χ3n) is 4.69. The number of carbonyl (C=O) groups excluding carboxylic acids is 1. The highest BCUT2D eigenvalue weighted by Gasteiger charge is 2.29. The summed E-state index contributed by atoms with van der Waals surface area (Å²) in [6, 6.07) is 22.4. The fraction of sp³-hybridized carbons (Fsp3) is 0.136. The average molecular weight is 408 g/mol. The molecule has 6 nitrogen and oxygen atoms in total. The number of sulfonamides is 1. The van der Waals surface area contributed by atoms with Gasteiger partial charge in [-0.1, -0.05) is 36.4 Å². The molecule has 1 N–H and O–H groups in total. The molecule has 1 aliphatic heterocycles. The Kier molecular flexibility index (Phi) is 5.22. The lowest BCUT2D eigenvalue weighted by Crippen LogP contribution is -2.35. The van der Waals surface area contributed by atoms with E-state index in [0.29, 0.717) is 30.1 Å². The number of amides is 1. The van der Waals surface area contributed by atoms with E-state index in [1.807, 2.05) is 6.07 Å². The third-order valence-corrected chi connectivity index (χ3v) is 6.51. The average Bonchev–Trinajstić information content (AvgIpc) is 2.74. The zero-order valence-corrected chi connectivity index (χ0v) is 16.4. The summed E-state index contributed by atoms with van der Waals surface area (Å²) in [6.07, 6.45) is 0.844. The Balaban J connectivity index is 1.55. The van der Waals surface area contributed by atoms with E-state index in [0.717, 1.165) is 12.0 Å². The first kappa shape index (κ1) is 19.0. The molecule has 1 amide bonds. The summed E-state index contributed by atoms with van der Waals surface area (Å²) in [5, 5.41) is 2.70. The molecule has 0 unspecified atom stereocenters.